The molecule has 1 heterocycles. The molecule has 0 atom stereocenters. The van der Waals surface area contributed by atoms with E-state index in [0.29, 0.717) is 31.4 Å². The Balaban J connectivity index is 1.55. The lowest BCUT2D eigenvalue weighted by Crippen LogP contribution is -2.43. The molecular formula is C18H23N5OS. The van der Waals surface area contributed by atoms with Crippen molar-refractivity contribution in [1.29, 1.82) is 0 Å². The summed E-state index contributed by atoms with van der Waals surface area (Å²) in [5, 5.41) is 6.34. The molecular weight excluding hydrogens is 334 g/mol. The van der Waals surface area contributed by atoms with Gasteiger partial charge in [-0.1, -0.05) is 30.3 Å². The fourth-order valence-corrected chi connectivity index (χ4v) is 2.23. The average molecular weight is 357 g/mol. The molecule has 1 aromatic carbocycles. The summed E-state index contributed by atoms with van der Waals surface area (Å²) in [6, 6.07) is 14.1. The first kappa shape index (κ1) is 18.8. The summed E-state index contributed by atoms with van der Waals surface area (Å²) in [5.41, 5.74) is 8.14. The number of aliphatic imine (C=N–C) groups is 1. The van der Waals surface area contributed by atoms with Crippen molar-refractivity contribution in [3.05, 3.63) is 66.0 Å². The Morgan fingerprint density at radius 3 is 2.60 bits per heavy atom. The summed E-state index contributed by atoms with van der Waals surface area (Å²) >= 11 is 5.17. The SMILES string of the molecule is NC(=NCCOCCc1ccccc1)NC(=S)NCc1ccncc1. The van der Waals surface area contributed by atoms with Gasteiger partial charge in [-0.3, -0.25) is 9.98 Å². The fourth-order valence-electron chi connectivity index (χ4n) is 2.05. The van der Waals surface area contributed by atoms with Gasteiger partial charge in [0.15, 0.2) is 11.1 Å². The predicted octanol–water partition coefficient (Wildman–Crippen LogP) is 1.62. The highest BCUT2D eigenvalue weighted by Crippen LogP contribution is 1.99. The van der Waals surface area contributed by atoms with Crippen molar-refractivity contribution >= 4 is 23.3 Å². The second-order valence-corrected chi connectivity index (χ2v) is 5.69. The topological polar surface area (TPSA) is 84.6 Å². The number of pyridine rings is 1. The Bertz CT molecular complexity index is 664. The standard InChI is InChI=1S/C18H23N5OS/c19-17(23-18(25)22-14-16-6-9-20-10-7-16)21-11-13-24-12-8-15-4-2-1-3-5-15/h1-7,9-10H,8,11-14H2,(H4,19,21,22,23,25). The number of hydrogen-bond donors (Lipinski definition) is 3. The van der Waals surface area contributed by atoms with Crippen LogP contribution in [0.25, 0.3) is 0 Å². The van der Waals surface area contributed by atoms with Crippen molar-refractivity contribution in [1.82, 2.24) is 15.6 Å². The van der Waals surface area contributed by atoms with E-state index >= 15 is 0 Å². The molecule has 7 heteroatoms. The van der Waals surface area contributed by atoms with Gasteiger partial charge in [-0.25, -0.2) is 0 Å². The molecule has 0 spiro atoms. The molecule has 0 aliphatic rings. The monoisotopic (exact) mass is 357 g/mol. The van der Waals surface area contributed by atoms with E-state index in [9.17, 15) is 0 Å². The van der Waals surface area contributed by atoms with Crippen LogP contribution in [-0.2, 0) is 17.7 Å². The third-order valence-corrected chi connectivity index (χ3v) is 3.59. The zero-order chi connectivity index (χ0) is 17.7. The van der Waals surface area contributed by atoms with Crippen LogP contribution in [0.3, 0.4) is 0 Å². The minimum Gasteiger partial charge on any atom is -0.379 e. The molecule has 4 N–H and O–H groups in total. The molecule has 0 aliphatic heterocycles. The number of nitrogens with one attached hydrogen (secondary N) is 2. The van der Waals surface area contributed by atoms with Gasteiger partial charge in [-0.05, 0) is 41.9 Å². The number of rotatable bonds is 8. The number of ether oxygens (including phenoxy) is 1. The molecule has 0 fully saturated rings. The number of benzene rings is 1. The Labute approximate surface area is 153 Å². The molecule has 0 saturated heterocycles. The molecule has 0 radical (unpaired) electrons. The summed E-state index contributed by atoms with van der Waals surface area (Å²) in [4.78, 5) is 8.15. The van der Waals surface area contributed by atoms with E-state index < -0.39 is 0 Å². The van der Waals surface area contributed by atoms with Crippen LogP contribution in [0.1, 0.15) is 11.1 Å². The van der Waals surface area contributed by atoms with Crippen molar-refractivity contribution in [3.63, 3.8) is 0 Å². The van der Waals surface area contributed by atoms with Crippen molar-refractivity contribution in [2.24, 2.45) is 10.7 Å². The third-order valence-electron chi connectivity index (χ3n) is 3.34. The lowest BCUT2D eigenvalue weighted by Gasteiger charge is -2.10. The van der Waals surface area contributed by atoms with Gasteiger partial charge in [0.05, 0.1) is 19.8 Å². The van der Waals surface area contributed by atoms with Gasteiger partial charge in [-0.15, -0.1) is 0 Å². The van der Waals surface area contributed by atoms with Crippen LogP contribution < -0.4 is 16.4 Å². The van der Waals surface area contributed by atoms with Gasteiger partial charge in [0.2, 0.25) is 0 Å². The van der Waals surface area contributed by atoms with Crippen LogP contribution >= 0.6 is 12.2 Å². The first-order valence-corrected chi connectivity index (χ1v) is 8.50. The van der Waals surface area contributed by atoms with E-state index in [-0.39, 0.29) is 5.96 Å². The molecule has 1 aromatic heterocycles. The smallest absolute Gasteiger partial charge is 0.194 e. The highest BCUT2D eigenvalue weighted by molar-refractivity contribution is 7.80. The number of nitrogens with two attached hydrogens (primary N) is 1. The first-order chi connectivity index (χ1) is 12.2. The Morgan fingerprint density at radius 2 is 1.84 bits per heavy atom. The Kier molecular flexibility index (Phi) is 8.37. The largest absolute Gasteiger partial charge is 0.379 e. The normalized spacial score (nSPS) is 11.1. The molecule has 2 aromatic rings. The lowest BCUT2D eigenvalue weighted by molar-refractivity contribution is 0.145. The molecule has 0 unspecified atom stereocenters. The Hall–Kier alpha value is -2.51. The quantitative estimate of drug-likeness (QED) is 0.288. The second kappa shape index (κ2) is 11.1. The van der Waals surface area contributed by atoms with Crippen LogP contribution in [0.4, 0.5) is 0 Å². The second-order valence-electron chi connectivity index (χ2n) is 5.28. The molecule has 0 bridgehead atoms. The van der Waals surface area contributed by atoms with Crippen molar-refractivity contribution in [2.45, 2.75) is 13.0 Å². The van der Waals surface area contributed by atoms with Crippen molar-refractivity contribution in [3.8, 4) is 0 Å². The molecule has 0 aliphatic carbocycles. The first-order valence-electron chi connectivity index (χ1n) is 8.09. The predicted molar refractivity (Wildman–Crippen MR) is 104 cm³/mol. The maximum Gasteiger partial charge on any atom is 0.194 e. The number of nitrogens with zero attached hydrogens (tertiary/aromatic N) is 2. The van der Waals surface area contributed by atoms with Crippen LogP contribution in [0.15, 0.2) is 59.9 Å². The molecule has 0 saturated carbocycles. The number of guanidine groups is 1. The molecule has 6 nitrogen and oxygen atoms in total. The number of aromatic nitrogens is 1. The fraction of sp³-hybridized carbons (Fsp3) is 0.278. The number of hydrogen-bond acceptors (Lipinski definition) is 4. The molecule has 0 amide bonds. The minimum atomic E-state index is 0.277. The minimum absolute atomic E-state index is 0.277. The highest BCUT2D eigenvalue weighted by Gasteiger charge is 1.99. The van der Waals surface area contributed by atoms with E-state index in [1.807, 2.05) is 30.3 Å². The summed E-state index contributed by atoms with van der Waals surface area (Å²) in [6.07, 6.45) is 4.36. The molecule has 25 heavy (non-hydrogen) atoms. The summed E-state index contributed by atoms with van der Waals surface area (Å²) in [7, 11) is 0. The molecule has 132 valence electrons. The van der Waals surface area contributed by atoms with Gasteiger partial charge in [0.1, 0.15) is 0 Å². The summed E-state index contributed by atoms with van der Waals surface area (Å²) < 4.78 is 5.55. The van der Waals surface area contributed by atoms with Gasteiger partial charge in [0.25, 0.3) is 0 Å². The van der Waals surface area contributed by atoms with E-state index in [0.717, 1.165) is 12.0 Å². The molecule has 2 rings (SSSR count). The number of thiocarbonyl (C=S) groups is 1. The van der Waals surface area contributed by atoms with E-state index in [1.165, 1.54) is 5.56 Å². The van der Waals surface area contributed by atoms with E-state index in [4.69, 9.17) is 22.7 Å². The highest BCUT2D eigenvalue weighted by atomic mass is 32.1. The summed E-state index contributed by atoms with van der Waals surface area (Å²) in [6.45, 7) is 2.27. The van der Waals surface area contributed by atoms with Gasteiger partial charge < -0.3 is 21.1 Å². The Morgan fingerprint density at radius 1 is 1.08 bits per heavy atom. The third kappa shape index (κ3) is 8.23. The van der Waals surface area contributed by atoms with Gasteiger partial charge in [0, 0.05) is 18.9 Å². The summed E-state index contributed by atoms with van der Waals surface area (Å²) in [5.74, 6) is 0.277. The van der Waals surface area contributed by atoms with Crippen LogP contribution in [-0.4, -0.2) is 35.8 Å². The van der Waals surface area contributed by atoms with Gasteiger partial charge >= 0.3 is 0 Å². The average Bonchev–Trinajstić information content (AvgIpc) is 2.64. The van der Waals surface area contributed by atoms with E-state index in [2.05, 4.69) is 32.7 Å². The lowest BCUT2D eigenvalue weighted by atomic mass is 10.2. The van der Waals surface area contributed by atoms with Crippen LogP contribution in [0, 0.1) is 0 Å². The van der Waals surface area contributed by atoms with Gasteiger partial charge in [-0.2, -0.15) is 0 Å². The van der Waals surface area contributed by atoms with Crippen molar-refractivity contribution < 1.29 is 4.74 Å². The zero-order valence-corrected chi connectivity index (χ0v) is 14.8. The van der Waals surface area contributed by atoms with E-state index in [1.54, 1.807) is 12.4 Å². The zero-order valence-electron chi connectivity index (χ0n) is 14.0. The van der Waals surface area contributed by atoms with Crippen LogP contribution in [0.2, 0.25) is 0 Å². The van der Waals surface area contributed by atoms with Crippen molar-refractivity contribution in [2.75, 3.05) is 19.8 Å². The maximum atomic E-state index is 5.80. The van der Waals surface area contributed by atoms with Crippen LogP contribution in [0.5, 0.6) is 0 Å². The maximum absolute atomic E-state index is 5.80.